The van der Waals surface area contributed by atoms with Crippen LogP contribution in [-0.2, 0) is 7.05 Å². The van der Waals surface area contributed by atoms with Gasteiger partial charge in [0.25, 0.3) is 0 Å². The maximum Gasteiger partial charge on any atom is 0.188 e. The fourth-order valence-electron chi connectivity index (χ4n) is 3.42. The van der Waals surface area contributed by atoms with Crippen LogP contribution in [0, 0.1) is 13.8 Å². The number of hydrogen-bond acceptors (Lipinski definition) is 3. The fraction of sp³-hybridized carbons (Fsp3) is 0.150. The molecular weight excluding hydrogens is 328 g/mol. The Bertz CT molecular complexity index is 988. The van der Waals surface area contributed by atoms with Crippen molar-refractivity contribution in [3.05, 3.63) is 65.8 Å². The Hall–Kier alpha value is -3.41. The number of aryl methyl sites for hydroxylation is 2. The summed E-state index contributed by atoms with van der Waals surface area (Å²) >= 11 is 0. The minimum Gasteiger partial charge on any atom is -0.508 e. The molecule has 0 aliphatic rings. The van der Waals surface area contributed by atoms with Gasteiger partial charge >= 0.3 is 0 Å². The first-order valence-electron chi connectivity index (χ1n) is 8.18. The Kier molecular flexibility index (Phi) is 4.34. The molecule has 3 rings (SSSR count). The molecule has 1 aromatic carbocycles. The van der Waals surface area contributed by atoms with E-state index in [4.69, 9.17) is 5.73 Å². The SMILES string of the molecule is C=Cc1c(-c2ccc(O)cc2)c(-n2c(C)ccc2C)c(/C(N)=N/O)n1C. The minimum absolute atomic E-state index is 0.0168. The Morgan fingerprint density at radius 3 is 2.19 bits per heavy atom. The Morgan fingerprint density at radius 2 is 1.69 bits per heavy atom. The van der Waals surface area contributed by atoms with E-state index < -0.39 is 0 Å². The summed E-state index contributed by atoms with van der Waals surface area (Å²) in [5.74, 6) is 0.208. The van der Waals surface area contributed by atoms with E-state index in [9.17, 15) is 10.3 Å². The molecule has 0 aliphatic heterocycles. The van der Waals surface area contributed by atoms with Crippen LogP contribution in [0.2, 0.25) is 0 Å². The quantitative estimate of drug-likeness (QED) is 0.291. The van der Waals surface area contributed by atoms with Crippen LogP contribution in [0.4, 0.5) is 0 Å². The second kappa shape index (κ2) is 6.48. The number of oxime groups is 1. The van der Waals surface area contributed by atoms with Crippen molar-refractivity contribution < 1.29 is 10.3 Å². The van der Waals surface area contributed by atoms with E-state index in [0.29, 0.717) is 5.69 Å². The van der Waals surface area contributed by atoms with Gasteiger partial charge in [0, 0.05) is 24.0 Å². The zero-order valence-corrected chi connectivity index (χ0v) is 15.1. The summed E-state index contributed by atoms with van der Waals surface area (Å²) < 4.78 is 3.93. The third-order valence-corrected chi connectivity index (χ3v) is 4.61. The molecule has 6 heteroatoms. The van der Waals surface area contributed by atoms with Gasteiger partial charge < -0.3 is 25.2 Å². The molecule has 4 N–H and O–H groups in total. The fourth-order valence-corrected chi connectivity index (χ4v) is 3.42. The van der Waals surface area contributed by atoms with Crippen molar-refractivity contribution in [1.29, 1.82) is 0 Å². The van der Waals surface area contributed by atoms with E-state index >= 15 is 0 Å². The molecule has 0 saturated heterocycles. The number of nitrogens with zero attached hydrogens (tertiary/aromatic N) is 3. The first-order chi connectivity index (χ1) is 12.4. The monoisotopic (exact) mass is 350 g/mol. The lowest BCUT2D eigenvalue weighted by Gasteiger charge is -2.14. The molecule has 0 saturated carbocycles. The second-order valence-electron chi connectivity index (χ2n) is 6.20. The Morgan fingerprint density at radius 1 is 1.12 bits per heavy atom. The molecule has 6 nitrogen and oxygen atoms in total. The maximum atomic E-state index is 9.65. The van der Waals surface area contributed by atoms with Crippen LogP contribution in [-0.4, -0.2) is 25.3 Å². The smallest absolute Gasteiger partial charge is 0.188 e. The average Bonchev–Trinajstić information content (AvgIpc) is 3.10. The normalized spacial score (nSPS) is 11.7. The molecular formula is C20H22N4O2. The van der Waals surface area contributed by atoms with Gasteiger partial charge in [-0.2, -0.15) is 0 Å². The molecule has 0 unspecified atom stereocenters. The molecule has 0 bridgehead atoms. The molecule has 134 valence electrons. The highest BCUT2D eigenvalue weighted by atomic mass is 16.4. The number of nitrogens with two attached hydrogens (primary N) is 1. The molecule has 0 aliphatic carbocycles. The van der Waals surface area contributed by atoms with E-state index in [2.05, 4.69) is 16.3 Å². The highest BCUT2D eigenvalue weighted by molar-refractivity contribution is 6.04. The highest BCUT2D eigenvalue weighted by Crippen LogP contribution is 2.38. The Balaban J connectivity index is 2.50. The molecule has 26 heavy (non-hydrogen) atoms. The van der Waals surface area contributed by atoms with Crippen molar-refractivity contribution >= 4 is 11.9 Å². The molecule has 3 aromatic rings. The van der Waals surface area contributed by atoms with Crippen molar-refractivity contribution in [1.82, 2.24) is 9.13 Å². The summed E-state index contributed by atoms with van der Waals surface area (Å²) in [5.41, 5.74) is 12.1. The van der Waals surface area contributed by atoms with Crippen molar-refractivity contribution in [2.24, 2.45) is 17.9 Å². The van der Waals surface area contributed by atoms with Crippen molar-refractivity contribution in [3.8, 4) is 22.6 Å². The van der Waals surface area contributed by atoms with Crippen molar-refractivity contribution in [2.45, 2.75) is 13.8 Å². The number of amidine groups is 1. The summed E-state index contributed by atoms with van der Waals surface area (Å²) in [7, 11) is 1.85. The molecule has 2 aromatic heterocycles. The van der Waals surface area contributed by atoms with Gasteiger partial charge in [-0.15, -0.1) is 0 Å². The van der Waals surface area contributed by atoms with E-state index in [0.717, 1.165) is 33.9 Å². The largest absolute Gasteiger partial charge is 0.508 e. The minimum atomic E-state index is 0.0168. The first-order valence-corrected chi connectivity index (χ1v) is 8.18. The highest BCUT2D eigenvalue weighted by Gasteiger charge is 2.26. The lowest BCUT2D eigenvalue weighted by molar-refractivity contribution is 0.318. The third-order valence-electron chi connectivity index (χ3n) is 4.61. The summed E-state index contributed by atoms with van der Waals surface area (Å²) in [4.78, 5) is 0. The van der Waals surface area contributed by atoms with E-state index in [1.807, 2.05) is 49.7 Å². The lowest BCUT2D eigenvalue weighted by atomic mass is 10.0. The van der Waals surface area contributed by atoms with Crippen LogP contribution in [0.5, 0.6) is 5.75 Å². The summed E-state index contributed by atoms with van der Waals surface area (Å²) in [6.07, 6.45) is 1.74. The molecule has 0 fully saturated rings. The van der Waals surface area contributed by atoms with Gasteiger partial charge in [0.15, 0.2) is 5.84 Å². The third kappa shape index (κ3) is 2.56. The van der Waals surface area contributed by atoms with Gasteiger partial charge in [-0.05, 0) is 49.8 Å². The van der Waals surface area contributed by atoms with Crippen LogP contribution in [0.25, 0.3) is 22.9 Å². The predicted octanol–water partition coefficient (Wildman–Crippen LogP) is 3.54. The molecule has 0 radical (unpaired) electrons. The van der Waals surface area contributed by atoms with Crippen LogP contribution < -0.4 is 5.73 Å². The van der Waals surface area contributed by atoms with Gasteiger partial charge in [0.2, 0.25) is 0 Å². The second-order valence-corrected chi connectivity index (χ2v) is 6.20. The van der Waals surface area contributed by atoms with Crippen molar-refractivity contribution in [2.75, 3.05) is 0 Å². The van der Waals surface area contributed by atoms with Crippen LogP contribution in [0.3, 0.4) is 0 Å². The van der Waals surface area contributed by atoms with E-state index in [1.54, 1.807) is 18.2 Å². The van der Waals surface area contributed by atoms with Gasteiger partial charge in [0.05, 0.1) is 11.4 Å². The number of phenolic OH excluding ortho intramolecular Hbond substituents is 1. The van der Waals surface area contributed by atoms with E-state index in [-0.39, 0.29) is 11.6 Å². The average molecular weight is 350 g/mol. The molecule has 0 amide bonds. The number of aromatic nitrogens is 2. The zero-order valence-electron chi connectivity index (χ0n) is 15.1. The summed E-state index contributed by atoms with van der Waals surface area (Å²) in [6, 6.07) is 11.0. The van der Waals surface area contributed by atoms with Crippen LogP contribution in [0.1, 0.15) is 22.8 Å². The summed E-state index contributed by atoms with van der Waals surface area (Å²) in [6.45, 7) is 7.95. The number of benzene rings is 1. The summed E-state index contributed by atoms with van der Waals surface area (Å²) in [5, 5.41) is 22.2. The zero-order chi connectivity index (χ0) is 19.0. The number of hydrogen-bond donors (Lipinski definition) is 3. The van der Waals surface area contributed by atoms with Gasteiger partial charge in [0.1, 0.15) is 11.4 Å². The standard InChI is InChI=1S/C20H22N4O2/c1-5-16-17(14-8-10-15(25)11-9-14)18(19(23(16)4)20(21)22-26)24-12(2)6-7-13(24)3/h5-11,25-26H,1H2,2-4H3,(H2,21,22). The Labute approximate surface area is 152 Å². The molecule has 0 atom stereocenters. The van der Waals surface area contributed by atoms with Gasteiger partial charge in [-0.25, -0.2) is 0 Å². The van der Waals surface area contributed by atoms with E-state index in [1.165, 1.54) is 0 Å². The van der Waals surface area contributed by atoms with Gasteiger partial charge in [-0.3, -0.25) is 0 Å². The molecule has 2 heterocycles. The van der Waals surface area contributed by atoms with Crippen LogP contribution in [0.15, 0.2) is 48.1 Å². The number of phenols is 1. The molecule has 0 spiro atoms. The number of aromatic hydroxyl groups is 1. The topological polar surface area (TPSA) is 88.7 Å². The maximum absolute atomic E-state index is 9.65. The van der Waals surface area contributed by atoms with Crippen LogP contribution >= 0.6 is 0 Å². The van der Waals surface area contributed by atoms with Crippen molar-refractivity contribution in [3.63, 3.8) is 0 Å². The number of rotatable bonds is 4. The lowest BCUT2D eigenvalue weighted by Crippen LogP contribution is -2.20. The van der Waals surface area contributed by atoms with Gasteiger partial charge in [-0.1, -0.05) is 23.9 Å². The first kappa shape index (κ1) is 17.4. The predicted molar refractivity (Wildman–Crippen MR) is 104 cm³/mol.